The van der Waals surface area contributed by atoms with E-state index >= 15 is 0 Å². The molecule has 0 aliphatic rings. The van der Waals surface area contributed by atoms with Gasteiger partial charge in [0, 0.05) is 12.8 Å². The highest BCUT2D eigenvalue weighted by molar-refractivity contribution is 5.70. The standard InChI is InChI=1S/C26H46O5/c1-3-5-7-8-9-10-11-12-13-14-15-16-17-19-21-26(29)31-24(22-27)23-30-25(28)20-18-6-4-2/h8-9,11-12,24,27H,3-7,10,13-23H2,1-2H3/b9-8-,12-11-. The summed E-state index contributed by atoms with van der Waals surface area (Å²) < 4.78 is 10.3. The fourth-order valence-electron chi connectivity index (χ4n) is 3.04. The minimum Gasteiger partial charge on any atom is -0.462 e. The summed E-state index contributed by atoms with van der Waals surface area (Å²) in [5, 5.41) is 9.32. The Morgan fingerprint density at radius 2 is 1.32 bits per heavy atom. The van der Waals surface area contributed by atoms with Gasteiger partial charge in [-0.1, -0.05) is 83.1 Å². The van der Waals surface area contributed by atoms with E-state index in [4.69, 9.17) is 9.47 Å². The van der Waals surface area contributed by atoms with Gasteiger partial charge in [-0.05, 0) is 38.5 Å². The molecule has 0 bridgehead atoms. The van der Waals surface area contributed by atoms with E-state index in [-0.39, 0.29) is 25.2 Å². The van der Waals surface area contributed by atoms with Crippen LogP contribution in [0.3, 0.4) is 0 Å². The highest BCUT2D eigenvalue weighted by atomic mass is 16.6. The molecule has 1 unspecified atom stereocenters. The van der Waals surface area contributed by atoms with Gasteiger partial charge in [-0.25, -0.2) is 0 Å². The van der Waals surface area contributed by atoms with Gasteiger partial charge in [-0.3, -0.25) is 9.59 Å². The lowest BCUT2D eigenvalue weighted by Gasteiger charge is -2.15. The average molecular weight is 439 g/mol. The first-order chi connectivity index (χ1) is 15.1. The van der Waals surface area contributed by atoms with Gasteiger partial charge in [0.25, 0.3) is 0 Å². The van der Waals surface area contributed by atoms with Crippen LogP contribution in [0.25, 0.3) is 0 Å². The van der Waals surface area contributed by atoms with E-state index in [9.17, 15) is 14.7 Å². The molecule has 5 nitrogen and oxygen atoms in total. The van der Waals surface area contributed by atoms with E-state index in [0.29, 0.717) is 12.8 Å². The molecule has 0 saturated carbocycles. The number of esters is 2. The van der Waals surface area contributed by atoms with Crippen molar-refractivity contribution >= 4 is 11.9 Å². The van der Waals surface area contributed by atoms with Crippen LogP contribution in [0.4, 0.5) is 0 Å². The summed E-state index contributed by atoms with van der Waals surface area (Å²) >= 11 is 0. The molecule has 1 N–H and O–H groups in total. The number of ether oxygens (including phenoxy) is 2. The van der Waals surface area contributed by atoms with Crippen molar-refractivity contribution in [2.24, 2.45) is 0 Å². The van der Waals surface area contributed by atoms with Crippen LogP contribution in [0.1, 0.15) is 110 Å². The van der Waals surface area contributed by atoms with Gasteiger partial charge in [0.15, 0.2) is 6.10 Å². The molecule has 0 saturated heterocycles. The Labute approximate surface area is 190 Å². The van der Waals surface area contributed by atoms with Gasteiger partial charge in [-0.2, -0.15) is 0 Å². The summed E-state index contributed by atoms with van der Waals surface area (Å²) in [6.45, 7) is 3.87. The third-order valence-corrected chi connectivity index (χ3v) is 5.00. The maximum atomic E-state index is 11.9. The van der Waals surface area contributed by atoms with Crippen LogP contribution < -0.4 is 0 Å². The summed E-state index contributed by atoms with van der Waals surface area (Å²) in [7, 11) is 0. The zero-order valence-corrected chi connectivity index (χ0v) is 20.0. The summed E-state index contributed by atoms with van der Waals surface area (Å²) in [5.74, 6) is -0.641. The number of carbonyl (C=O) groups excluding carboxylic acids is 2. The van der Waals surface area contributed by atoms with Crippen molar-refractivity contribution in [2.75, 3.05) is 13.2 Å². The summed E-state index contributed by atoms with van der Waals surface area (Å²) in [6.07, 6.45) is 22.8. The van der Waals surface area contributed by atoms with E-state index in [0.717, 1.165) is 51.4 Å². The van der Waals surface area contributed by atoms with Crippen LogP contribution in [-0.4, -0.2) is 36.4 Å². The molecule has 180 valence electrons. The minimum absolute atomic E-state index is 0.0742. The fourth-order valence-corrected chi connectivity index (χ4v) is 3.04. The molecule has 0 rings (SSSR count). The number of rotatable bonds is 21. The molecular weight excluding hydrogens is 392 g/mol. The van der Waals surface area contributed by atoms with Crippen LogP contribution in [0, 0.1) is 0 Å². The molecule has 0 spiro atoms. The number of allylic oxidation sites excluding steroid dienone is 4. The lowest BCUT2D eigenvalue weighted by molar-refractivity contribution is -0.161. The van der Waals surface area contributed by atoms with Crippen LogP contribution in [0.2, 0.25) is 0 Å². The Kier molecular flexibility index (Phi) is 21.8. The van der Waals surface area contributed by atoms with Crippen LogP contribution in [0.5, 0.6) is 0 Å². The molecule has 0 aromatic rings. The van der Waals surface area contributed by atoms with Crippen LogP contribution in [-0.2, 0) is 19.1 Å². The molecule has 0 radical (unpaired) electrons. The summed E-state index contributed by atoms with van der Waals surface area (Å²) in [4.78, 5) is 23.5. The molecule has 5 heteroatoms. The molecule has 0 fully saturated rings. The number of aliphatic hydroxyl groups excluding tert-OH is 1. The van der Waals surface area contributed by atoms with Crippen molar-refractivity contribution in [3.8, 4) is 0 Å². The van der Waals surface area contributed by atoms with Crippen LogP contribution >= 0.6 is 0 Å². The van der Waals surface area contributed by atoms with Crippen molar-refractivity contribution in [3.63, 3.8) is 0 Å². The molecule has 0 aromatic carbocycles. The first-order valence-electron chi connectivity index (χ1n) is 12.4. The van der Waals surface area contributed by atoms with E-state index in [1.54, 1.807) is 0 Å². The summed E-state index contributed by atoms with van der Waals surface area (Å²) in [6, 6.07) is 0. The van der Waals surface area contributed by atoms with E-state index in [1.807, 2.05) is 0 Å². The van der Waals surface area contributed by atoms with Crippen LogP contribution in [0.15, 0.2) is 24.3 Å². The second-order valence-electron chi connectivity index (χ2n) is 8.06. The third-order valence-electron chi connectivity index (χ3n) is 5.00. The number of aliphatic hydroxyl groups is 1. The zero-order valence-electron chi connectivity index (χ0n) is 20.0. The first kappa shape index (κ1) is 29.4. The Hall–Kier alpha value is -1.62. The van der Waals surface area contributed by atoms with Gasteiger partial charge < -0.3 is 14.6 Å². The van der Waals surface area contributed by atoms with Gasteiger partial charge in [0.1, 0.15) is 6.61 Å². The predicted molar refractivity (Wildman–Crippen MR) is 127 cm³/mol. The molecular formula is C26H46O5. The van der Waals surface area contributed by atoms with Crippen molar-refractivity contribution in [3.05, 3.63) is 24.3 Å². The number of hydrogen-bond donors (Lipinski definition) is 1. The molecule has 0 aliphatic carbocycles. The van der Waals surface area contributed by atoms with Crippen molar-refractivity contribution in [1.82, 2.24) is 0 Å². The van der Waals surface area contributed by atoms with E-state index < -0.39 is 6.10 Å². The number of unbranched alkanes of at least 4 members (excludes halogenated alkanes) is 9. The number of hydrogen-bond acceptors (Lipinski definition) is 5. The minimum atomic E-state index is -0.768. The smallest absolute Gasteiger partial charge is 0.306 e. The summed E-state index contributed by atoms with van der Waals surface area (Å²) in [5.41, 5.74) is 0. The molecule has 31 heavy (non-hydrogen) atoms. The topological polar surface area (TPSA) is 72.8 Å². The SMILES string of the molecule is CCCC/C=C\C/C=C\CCCCCCCC(=O)OC(CO)COC(=O)CCCCC. The second kappa shape index (κ2) is 23.1. The predicted octanol–water partition coefficient (Wildman–Crippen LogP) is 6.44. The molecule has 0 heterocycles. The maximum absolute atomic E-state index is 11.9. The largest absolute Gasteiger partial charge is 0.462 e. The lowest BCUT2D eigenvalue weighted by atomic mass is 10.1. The normalized spacial score (nSPS) is 12.5. The maximum Gasteiger partial charge on any atom is 0.306 e. The Morgan fingerprint density at radius 3 is 2.00 bits per heavy atom. The van der Waals surface area contributed by atoms with Gasteiger partial charge >= 0.3 is 11.9 Å². The second-order valence-corrected chi connectivity index (χ2v) is 8.06. The van der Waals surface area contributed by atoms with Gasteiger partial charge in [0.05, 0.1) is 6.61 Å². The van der Waals surface area contributed by atoms with Gasteiger partial charge in [0.2, 0.25) is 0 Å². The highest BCUT2D eigenvalue weighted by Crippen LogP contribution is 2.09. The van der Waals surface area contributed by atoms with E-state index in [2.05, 4.69) is 38.2 Å². The Morgan fingerprint density at radius 1 is 0.742 bits per heavy atom. The fraction of sp³-hybridized carbons (Fsp3) is 0.769. The average Bonchev–Trinajstić information content (AvgIpc) is 2.77. The molecule has 0 amide bonds. The third kappa shape index (κ3) is 21.4. The monoisotopic (exact) mass is 438 g/mol. The molecule has 0 aromatic heterocycles. The van der Waals surface area contributed by atoms with E-state index in [1.165, 1.54) is 32.1 Å². The lowest BCUT2D eigenvalue weighted by Crippen LogP contribution is -2.28. The Bertz CT molecular complexity index is 484. The first-order valence-corrected chi connectivity index (χ1v) is 12.4. The van der Waals surface area contributed by atoms with Crippen molar-refractivity contribution in [1.29, 1.82) is 0 Å². The zero-order chi connectivity index (χ0) is 23.0. The van der Waals surface area contributed by atoms with Gasteiger partial charge in [-0.15, -0.1) is 0 Å². The quantitative estimate of drug-likeness (QED) is 0.127. The molecule has 1 atom stereocenters. The highest BCUT2D eigenvalue weighted by Gasteiger charge is 2.15. The molecule has 0 aliphatic heterocycles. The number of carbonyl (C=O) groups is 2. The van der Waals surface area contributed by atoms with Crippen molar-refractivity contribution < 1.29 is 24.2 Å². The van der Waals surface area contributed by atoms with Crippen molar-refractivity contribution in [2.45, 2.75) is 116 Å². The Balaban J connectivity index is 3.62.